The zero-order chi connectivity index (χ0) is 18.2. The van der Waals surface area contributed by atoms with Crippen molar-refractivity contribution >= 4 is 27.5 Å². The number of benzene rings is 4. The lowest BCUT2D eigenvalue weighted by atomic mass is 9.70. The van der Waals surface area contributed by atoms with Crippen LogP contribution in [0.25, 0.3) is 22.3 Å². The fourth-order valence-corrected chi connectivity index (χ4v) is 5.71. The predicted molar refractivity (Wildman–Crippen MR) is 115 cm³/mol. The Morgan fingerprint density at radius 3 is 1.63 bits per heavy atom. The summed E-state index contributed by atoms with van der Waals surface area (Å²) in [4.78, 5) is 0. The molecule has 0 radical (unpaired) electrons. The van der Waals surface area contributed by atoms with Crippen LogP contribution in [0.15, 0.2) is 89.4 Å². The summed E-state index contributed by atoms with van der Waals surface area (Å²) in [7, 11) is 0. The lowest BCUT2D eigenvalue weighted by molar-refractivity contribution is 0.793. The fourth-order valence-electron chi connectivity index (χ4n) is 5.12. The van der Waals surface area contributed by atoms with Gasteiger partial charge in [0, 0.05) is 10.0 Å². The van der Waals surface area contributed by atoms with Crippen molar-refractivity contribution in [2.75, 3.05) is 0 Å². The molecule has 0 heterocycles. The van der Waals surface area contributed by atoms with Gasteiger partial charge >= 0.3 is 0 Å². The van der Waals surface area contributed by atoms with Gasteiger partial charge in [0.25, 0.3) is 0 Å². The lowest BCUT2D eigenvalue weighted by Gasteiger charge is -2.30. The molecule has 0 bridgehead atoms. The van der Waals surface area contributed by atoms with E-state index in [1.54, 1.807) is 0 Å². The summed E-state index contributed by atoms with van der Waals surface area (Å²) < 4.78 is 0.939. The van der Waals surface area contributed by atoms with Crippen molar-refractivity contribution < 1.29 is 0 Å². The second-order valence-electron chi connectivity index (χ2n) is 7.17. The largest absolute Gasteiger partial charge is 0.0824 e. The maximum Gasteiger partial charge on any atom is 0.0726 e. The highest BCUT2D eigenvalue weighted by atomic mass is 79.9. The molecule has 0 nitrogen and oxygen atoms in total. The lowest BCUT2D eigenvalue weighted by Crippen LogP contribution is -2.25. The third kappa shape index (κ3) is 1.75. The van der Waals surface area contributed by atoms with Crippen molar-refractivity contribution in [3.8, 4) is 22.3 Å². The van der Waals surface area contributed by atoms with E-state index in [0.29, 0.717) is 0 Å². The van der Waals surface area contributed by atoms with Crippen molar-refractivity contribution in [1.82, 2.24) is 0 Å². The number of hydrogen-bond acceptors (Lipinski definition) is 0. The Labute approximate surface area is 171 Å². The van der Waals surface area contributed by atoms with Crippen molar-refractivity contribution in [3.05, 3.63) is 117 Å². The molecule has 0 fully saturated rings. The Morgan fingerprint density at radius 2 is 1.04 bits per heavy atom. The molecule has 0 aliphatic heterocycles. The maximum absolute atomic E-state index is 6.84. The highest BCUT2D eigenvalue weighted by molar-refractivity contribution is 9.10. The first-order valence-corrected chi connectivity index (χ1v) is 10.2. The van der Waals surface area contributed by atoms with Gasteiger partial charge in [0.15, 0.2) is 0 Å². The van der Waals surface area contributed by atoms with E-state index in [-0.39, 0.29) is 5.41 Å². The van der Waals surface area contributed by atoms with E-state index in [1.165, 1.54) is 38.9 Å². The monoisotopic (exact) mass is 428 g/mol. The zero-order valence-electron chi connectivity index (χ0n) is 14.3. The van der Waals surface area contributed by atoms with Gasteiger partial charge in [-0.15, -0.1) is 0 Å². The second kappa shape index (κ2) is 5.34. The topological polar surface area (TPSA) is 0 Å². The van der Waals surface area contributed by atoms with Gasteiger partial charge in [0.1, 0.15) is 0 Å². The zero-order valence-corrected chi connectivity index (χ0v) is 16.7. The molecular weight excluding hydrogens is 416 g/mol. The van der Waals surface area contributed by atoms with E-state index in [0.717, 1.165) is 15.1 Å². The highest BCUT2D eigenvalue weighted by Crippen LogP contribution is 2.63. The van der Waals surface area contributed by atoms with Gasteiger partial charge in [-0.3, -0.25) is 0 Å². The summed E-state index contributed by atoms with van der Waals surface area (Å²) in [5.41, 5.74) is 9.98. The van der Waals surface area contributed by atoms with E-state index in [2.05, 4.69) is 101 Å². The van der Waals surface area contributed by atoms with Crippen LogP contribution in [0, 0.1) is 0 Å². The quantitative estimate of drug-likeness (QED) is 0.235. The van der Waals surface area contributed by atoms with Gasteiger partial charge in [-0.05, 0) is 60.9 Å². The van der Waals surface area contributed by atoms with Crippen molar-refractivity contribution in [1.29, 1.82) is 0 Å². The normalized spacial score (nSPS) is 14.6. The minimum Gasteiger partial charge on any atom is -0.0824 e. The molecule has 0 saturated carbocycles. The first-order chi connectivity index (χ1) is 13.2. The van der Waals surface area contributed by atoms with Crippen LogP contribution in [-0.4, -0.2) is 0 Å². The summed E-state index contributed by atoms with van der Waals surface area (Å²) in [6.07, 6.45) is 0. The van der Waals surface area contributed by atoms with E-state index in [4.69, 9.17) is 11.6 Å². The first kappa shape index (κ1) is 15.7. The van der Waals surface area contributed by atoms with Crippen LogP contribution < -0.4 is 0 Å². The van der Waals surface area contributed by atoms with Crippen LogP contribution in [0.5, 0.6) is 0 Å². The van der Waals surface area contributed by atoms with Gasteiger partial charge < -0.3 is 0 Å². The van der Waals surface area contributed by atoms with Gasteiger partial charge in [-0.2, -0.15) is 0 Å². The smallest absolute Gasteiger partial charge is 0.0726 e. The van der Waals surface area contributed by atoms with Crippen molar-refractivity contribution in [2.45, 2.75) is 5.41 Å². The minimum atomic E-state index is -0.302. The first-order valence-electron chi connectivity index (χ1n) is 9.02. The number of hydrogen-bond donors (Lipinski definition) is 0. The van der Waals surface area contributed by atoms with E-state index < -0.39 is 0 Å². The molecule has 2 heteroatoms. The molecule has 6 rings (SSSR count). The summed E-state index contributed by atoms with van der Waals surface area (Å²) >= 11 is 10.5. The van der Waals surface area contributed by atoms with Crippen molar-refractivity contribution in [3.63, 3.8) is 0 Å². The molecule has 0 aromatic heterocycles. The Morgan fingerprint density at radius 1 is 0.556 bits per heavy atom. The molecule has 1 spiro atoms. The van der Waals surface area contributed by atoms with Crippen LogP contribution in [0.3, 0.4) is 0 Å². The van der Waals surface area contributed by atoms with E-state index in [9.17, 15) is 0 Å². The van der Waals surface area contributed by atoms with Crippen LogP contribution in [0.1, 0.15) is 22.3 Å². The Hall–Kier alpha value is -2.35. The summed E-state index contributed by atoms with van der Waals surface area (Å²) in [5.74, 6) is 0. The third-order valence-corrected chi connectivity index (χ3v) is 7.33. The average Bonchev–Trinajstić information content (AvgIpc) is 3.18. The standard InChI is InChI=1S/C25H14BrCl/c26-22-14-13-21-23(24(22)27)17-9-3-6-12-20(17)25(21)18-10-4-1-7-15(18)16-8-2-5-11-19(16)25/h1-14H. The predicted octanol–water partition coefficient (Wildman–Crippen LogP) is 7.45. The highest BCUT2D eigenvalue weighted by Gasteiger charge is 2.51. The molecule has 27 heavy (non-hydrogen) atoms. The molecule has 4 aromatic rings. The molecule has 2 aliphatic rings. The van der Waals surface area contributed by atoms with Gasteiger partial charge in [0.05, 0.1) is 10.4 Å². The molecule has 4 aromatic carbocycles. The summed E-state index contributed by atoms with van der Waals surface area (Å²) in [6.45, 7) is 0. The fraction of sp³-hybridized carbons (Fsp3) is 0.0400. The van der Waals surface area contributed by atoms with Gasteiger partial charge in [0.2, 0.25) is 0 Å². The van der Waals surface area contributed by atoms with Crippen molar-refractivity contribution in [2.24, 2.45) is 0 Å². The Balaban J connectivity index is 1.89. The Kier molecular flexibility index (Phi) is 3.10. The van der Waals surface area contributed by atoms with Crippen LogP contribution in [0.4, 0.5) is 0 Å². The molecule has 0 unspecified atom stereocenters. The van der Waals surface area contributed by atoms with E-state index >= 15 is 0 Å². The second-order valence-corrected chi connectivity index (χ2v) is 8.40. The van der Waals surface area contributed by atoms with E-state index in [1.807, 2.05) is 0 Å². The number of halogens is 2. The summed E-state index contributed by atoms with van der Waals surface area (Å²) in [6, 6.07) is 30.6. The molecule has 128 valence electrons. The molecule has 0 amide bonds. The average molecular weight is 430 g/mol. The number of fused-ring (bicyclic) bond motifs is 10. The molecule has 0 saturated heterocycles. The minimum absolute atomic E-state index is 0.302. The van der Waals surface area contributed by atoms with Crippen LogP contribution >= 0.6 is 27.5 Å². The number of rotatable bonds is 0. The molecule has 0 N–H and O–H groups in total. The Bertz CT molecular complexity index is 1210. The SMILES string of the molecule is Clc1c(Br)ccc2c1-c1ccccc1C21c2ccccc2-c2ccccc21. The maximum atomic E-state index is 6.84. The van der Waals surface area contributed by atoms with Crippen LogP contribution in [0.2, 0.25) is 5.02 Å². The molecular formula is C25H14BrCl. The molecule has 2 aliphatic carbocycles. The van der Waals surface area contributed by atoms with Gasteiger partial charge in [-0.1, -0.05) is 90.5 Å². The third-order valence-electron chi connectivity index (χ3n) is 6.05. The van der Waals surface area contributed by atoms with Gasteiger partial charge in [-0.25, -0.2) is 0 Å². The molecule has 0 atom stereocenters. The summed E-state index contributed by atoms with van der Waals surface area (Å²) in [5, 5.41) is 0.790. The van der Waals surface area contributed by atoms with Crippen LogP contribution in [-0.2, 0) is 5.41 Å².